The van der Waals surface area contributed by atoms with Crippen molar-refractivity contribution in [3.8, 4) is 22.5 Å². The third-order valence-electron chi connectivity index (χ3n) is 29.8. The van der Waals surface area contributed by atoms with Crippen LogP contribution in [0.25, 0.3) is 203 Å². The Bertz CT molecular complexity index is 10100. The first-order chi connectivity index (χ1) is 70.3. The van der Waals surface area contributed by atoms with Gasteiger partial charge in [-0.25, -0.2) is 0 Å². The monoisotopic (exact) mass is 1840 g/mol. The van der Waals surface area contributed by atoms with E-state index >= 15 is 0 Å². The van der Waals surface area contributed by atoms with Crippen molar-refractivity contribution in [2.75, 3.05) is 14.7 Å². The molecule has 0 bridgehead atoms. The van der Waals surface area contributed by atoms with E-state index in [0.29, 0.717) is 0 Å². The van der Waals surface area contributed by atoms with Gasteiger partial charge in [0.05, 0.1) is 33.4 Å². The Morgan fingerprint density at radius 3 is 1.08 bits per heavy atom. The summed E-state index contributed by atoms with van der Waals surface area (Å²) in [5, 5.41) is 33.7. The Balaban J connectivity index is 0.000000106. The molecule has 4 heterocycles. The first-order valence-electron chi connectivity index (χ1n) is 48.9. The summed E-state index contributed by atoms with van der Waals surface area (Å²) in [6, 6.07) is 184. The normalized spacial score (nSPS) is 12.4. The zero-order chi connectivity index (χ0) is 93.8. The molecule has 0 amide bonds. The van der Waals surface area contributed by atoms with Crippen molar-refractivity contribution < 1.29 is 0 Å². The summed E-state index contributed by atoms with van der Waals surface area (Å²) < 4.78 is 10.2. The van der Waals surface area contributed by atoms with Gasteiger partial charge >= 0.3 is 0 Å². The maximum Gasteiger partial charge on any atom is 0.0782 e. The van der Waals surface area contributed by atoms with Crippen LogP contribution in [-0.2, 0) is 5.41 Å². The van der Waals surface area contributed by atoms with Crippen LogP contribution in [0.3, 0.4) is 0 Å². The quantitative estimate of drug-likeness (QED) is 0.120. The largest absolute Gasteiger partial charge is 0.310 e. The molecule has 0 N–H and O–H groups in total. The van der Waals surface area contributed by atoms with Gasteiger partial charge in [0.2, 0.25) is 0 Å². The lowest BCUT2D eigenvalue weighted by Gasteiger charge is -2.27. The Morgan fingerprint density at radius 2 is 0.556 bits per heavy atom. The van der Waals surface area contributed by atoms with Crippen LogP contribution in [0.15, 0.2) is 504 Å². The van der Waals surface area contributed by atoms with Crippen molar-refractivity contribution >= 4 is 255 Å². The van der Waals surface area contributed by atoms with Crippen LogP contribution in [-0.4, -0.2) is 9.13 Å². The van der Waals surface area contributed by atoms with E-state index in [2.05, 4.69) is 541 Å². The van der Waals surface area contributed by atoms with Crippen molar-refractivity contribution in [2.45, 2.75) is 19.3 Å². The van der Waals surface area contributed by atoms with E-state index in [1.807, 2.05) is 22.7 Å². The Hall–Kier alpha value is -17.7. The lowest BCUT2D eigenvalue weighted by molar-refractivity contribution is 0.666. The van der Waals surface area contributed by atoms with Gasteiger partial charge in [-0.3, -0.25) is 0 Å². The highest BCUT2D eigenvalue weighted by molar-refractivity contribution is 7.27. The molecule has 0 aliphatic heterocycles. The minimum absolute atomic E-state index is 0.109. The molecule has 0 saturated heterocycles. The van der Waals surface area contributed by atoms with Crippen LogP contribution in [0.4, 0.5) is 51.2 Å². The molecule has 29 aromatic rings. The fraction of sp³-hybridized carbons (Fsp3) is 0.0222. The molecule has 1 aliphatic rings. The van der Waals surface area contributed by atoms with Gasteiger partial charge in [-0.05, 0) is 265 Å². The molecule has 142 heavy (non-hydrogen) atoms. The van der Waals surface area contributed by atoms with Crippen molar-refractivity contribution in [1.82, 2.24) is 9.13 Å². The van der Waals surface area contributed by atoms with Crippen LogP contribution < -0.4 is 14.7 Å². The number of nitrogens with zero attached hydrogens (tertiary/aromatic N) is 5. The third kappa shape index (κ3) is 13.1. The highest BCUT2D eigenvalue weighted by Gasteiger charge is 2.38. The number of hydrogen-bond donors (Lipinski definition) is 0. The molecule has 5 nitrogen and oxygen atoms in total. The van der Waals surface area contributed by atoms with Gasteiger partial charge in [0.1, 0.15) is 0 Å². The van der Waals surface area contributed by atoms with Crippen molar-refractivity contribution in [1.29, 1.82) is 0 Å². The topological polar surface area (TPSA) is 19.6 Å². The van der Waals surface area contributed by atoms with Crippen LogP contribution in [0.2, 0.25) is 0 Å². The van der Waals surface area contributed by atoms with Gasteiger partial charge in [0, 0.05) is 124 Å². The molecule has 1 aliphatic carbocycles. The summed E-state index contributed by atoms with van der Waals surface area (Å²) in [7, 11) is 0. The zero-order valence-electron chi connectivity index (χ0n) is 78.0. The Labute approximate surface area is 828 Å². The second-order valence-corrected chi connectivity index (χ2v) is 40.1. The first-order valence-corrected chi connectivity index (χ1v) is 50.6. The van der Waals surface area contributed by atoms with Gasteiger partial charge in [0.15, 0.2) is 0 Å². The molecule has 25 aromatic carbocycles. The van der Waals surface area contributed by atoms with E-state index in [1.54, 1.807) is 0 Å². The molecule has 0 fully saturated rings. The molecule has 0 radical (unpaired) electrons. The van der Waals surface area contributed by atoms with Gasteiger partial charge in [-0.1, -0.05) is 366 Å². The highest BCUT2D eigenvalue weighted by atomic mass is 32.1. The number of thiophene rings is 2. The summed E-state index contributed by atoms with van der Waals surface area (Å²) >= 11 is 3.79. The number of anilines is 9. The molecule has 30 rings (SSSR count). The minimum Gasteiger partial charge on any atom is -0.310 e. The molecule has 0 spiro atoms. The van der Waals surface area contributed by atoms with E-state index < -0.39 is 0 Å². The molecule has 0 saturated carbocycles. The predicted molar refractivity (Wildman–Crippen MR) is 613 cm³/mol. The highest BCUT2D eigenvalue weighted by Crippen LogP contribution is 2.56. The van der Waals surface area contributed by atoms with Gasteiger partial charge in [-0.15, -0.1) is 22.7 Å². The fourth-order valence-corrected chi connectivity index (χ4v) is 26.1. The summed E-state index contributed by atoms with van der Waals surface area (Å²) in [5.41, 5.74) is 22.7. The smallest absolute Gasteiger partial charge is 0.0782 e. The molecule has 7 heteroatoms. The summed E-state index contributed by atoms with van der Waals surface area (Å²) in [5.74, 6) is 0. The molecule has 666 valence electrons. The van der Waals surface area contributed by atoms with Gasteiger partial charge < -0.3 is 23.8 Å². The van der Waals surface area contributed by atoms with Crippen LogP contribution in [0, 0.1) is 0 Å². The van der Waals surface area contributed by atoms with Crippen molar-refractivity contribution in [2.24, 2.45) is 0 Å². The molecule has 0 atom stereocenters. The van der Waals surface area contributed by atoms with Crippen LogP contribution in [0.1, 0.15) is 25.0 Å². The average molecular weight is 1850 g/mol. The van der Waals surface area contributed by atoms with Crippen LogP contribution >= 0.6 is 22.7 Å². The fourth-order valence-electron chi connectivity index (χ4n) is 23.7. The lowest BCUT2D eigenvalue weighted by Crippen LogP contribution is -2.15. The van der Waals surface area contributed by atoms with E-state index in [0.717, 1.165) is 62.6 Å². The molecular weight excluding hydrogens is 1760 g/mol. The van der Waals surface area contributed by atoms with Gasteiger partial charge in [0.25, 0.3) is 0 Å². The number of hydrogen-bond acceptors (Lipinski definition) is 5. The molecule has 0 unspecified atom stereocenters. The lowest BCUT2D eigenvalue weighted by atomic mass is 9.79. The second-order valence-electron chi connectivity index (χ2n) is 38.0. The Kier molecular flexibility index (Phi) is 19.4. The van der Waals surface area contributed by atoms with E-state index in [-0.39, 0.29) is 5.41 Å². The third-order valence-corrected chi connectivity index (χ3v) is 32.1. The first kappa shape index (κ1) is 82.5. The number of para-hydroxylation sites is 10. The minimum atomic E-state index is -0.109. The standard InChI is InChI=1S/C51H36N2.C48H30N2S.C36H23NS/c1-51(2)44-21-11-9-18-40(44)42-30-28-34-25-24-33-26-27-35-32-38(29-31-39(35)47(33)48(34)49(42)51)52(36-14-5-3-6-15-36)46-23-13-20-43-41-19-10-12-22-45(41)53(50(43)46)37-16-7-4-8-17-37;1-3-12-34(13-4-1)49(42-20-11-18-39-38-16-7-9-19-41(38)50(48(39)42)35-14-5-2-6-15-35)36-27-28-37-33(30-36)25-24-31-22-23-32-26-29-44-47(46(32)45(31)37)40-17-8-10-21-43(40)51-44;1-3-11-25(12-4-1)37(26-13-5-2-6-14-26)27-20-22-28-24(23-27)19-21-32-34(28)29-15-7-8-16-30(29)36-35(32)31-17-9-10-18-33(31)38-36/h3-32H,1-2H3;1-30H;1-23H. The summed E-state index contributed by atoms with van der Waals surface area (Å²) in [4.78, 5) is 7.19. The molecule has 4 aromatic heterocycles. The maximum atomic E-state index is 2.44. The number of benzene rings is 25. The van der Waals surface area contributed by atoms with Gasteiger partial charge in [-0.2, -0.15) is 0 Å². The van der Waals surface area contributed by atoms with Crippen molar-refractivity contribution in [3.05, 3.63) is 515 Å². The van der Waals surface area contributed by atoms with Crippen molar-refractivity contribution in [3.63, 3.8) is 0 Å². The van der Waals surface area contributed by atoms with E-state index in [4.69, 9.17) is 0 Å². The Morgan fingerprint density at radius 1 is 0.197 bits per heavy atom. The number of aromatic nitrogens is 2. The SMILES string of the molecule is CC1(C)c2ccccc2-c2ccc3ccc4ccc5cc(N(c6ccccc6)c6cccc7c8ccccc8n(-c8ccccc8)c67)ccc5c4c3c21.c1ccc(N(c2ccc3c(ccc4ccc5ccc6sc7ccccc7c6c5c43)c2)c2cccc3c4ccccc4n(-c4ccccc4)c23)cc1.c1ccc(N(c2ccccc2)c2ccc3c(ccc4c3c3ccccc3c3sc5ccccc5c43)c2)cc1. The average Bonchev–Trinajstić information content (AvgIpc) is 1.53. The van der Waals surface area contributed by atoms with E-state index in [9.17, 15) is 0 Å². The van der Waals surface area contributed by atoms with E-state index in [1.165, 1.54) is 203 Å². The molecular formula is C135H89N5S2. The zero-order valence-corrected chi connectivity index (χ0v) is 79.6. The summed E-state index contributed by atoms with van der Waals surface area (Å²) in [6.45, 7) is 4.79. The maximum absolute atomic E-state index is 2.44. The number of rotatable bonds is 11. The number of fused-ring (bicyclic) bond motifs is 34. The second kappa shape index (κ2) is 33.3. The predicted octanol–water partition coefficient (Wildman–Crippen LogP) is 39.1. The van der Waals surface area contributed by atoms with Crippen LogP contribution in [0.5, 0.6) is 0 Å². The summed E-state index contributed by atoms with van der Waals surface area (Å²) in [6.07, 6.45) is 0.